The normalized spacial score (nSPS) is 34.3. The van der Waals surface area contributed by atoms with Crippen LogP contribution < -0.4 is 5.32 Å². The maximum absolute atomic E-state index is 11.2. The van der Waals surface area contributed by atoms with E-state index in [1.807, 2.05) is 23.6 Å². The summed E-state index contributed by atoms with van der Waals surface area (Å²) in [6.07, 6.45) is 2.98. The summed E-state index contributed by atoms with van der Waals surface area (Å²) in [6, 6.07) is 1.54. The van der Waals surface area contributed by atoms with Gasteiger partial charge in [-0.1, -0.05) is 13.8 Å². The molecule has 6 atom stereocenters. The first-order valence-corrected chi connectivity index (χ1v) is 15.1. The summed E-state index contributed by atoms with van der Waals surface area (Å²) in [5, 5.41) is 22.1. The molecule has 11 heteroatoms. The number of aliphatic hydroxyl groups excluding tert-OH is 2. The van der Waals surface area contributed by atoms with Crippen LogP contribution in [-0.4, -0.2) is 169 Å². The molecule has 6 rings (SSSR count). The number of carbonyl (C=O) groups is 2. The highest BCUT2D eigenvalue weighted by atomic mass is 16.5. The van der Waals surface area contributed by atoms with Gasteiger partial charge in [0.25, 0.3) is 0 Å². The molecular formula is C28H54N6O5. The molecule has 0 bridgehead atoms. The van der Waals surface area contributed by atoms with E-state index in [1.165, 1.54) is 0 Å². The lowest BCUT2D eigenvalue weighted by molar-refractivity contribution is -0.132. The topological polar surface area (TPSA) is 112 Å². The number of amides is 2. The van der Waals surface area contributed by atoms with E-state index in [1.54, 1.807) is 21.0 Å². The molecule has 6 fully saturated rings. The van der Waals surface area contributed by atoms with Crippen LogP contribution in [0.3, 0.4) is 0 Å². The van der Waals surface area contributed by atoms with Crippen molar-refractivity contribution in [2.75, 3.05) is 85.6 Å². The van der Waals surface area contributed by atoms with Crippen LogP contribution in [0, 0.1) is 0 Å². The van der Waals surface area contributed by atoms with E-state index in [2.05, 4.69) is 20.0 Å². The van der Waals surface area contributed by atoms with Crippen LogP contribution in [0.5, 0.6) is 0 Å². The van der Waals surface area contributed by atoms with Gasteiger partial charge >= 0.3 is 0 Å². The zero-order chi connectivity index (χ0) is 28.5. The number of nitrogens with zero attached hydrogens (tertiary/aromatic N) is 5. The molecule has 6 heterocycles. The molecule has 226 valence electrons. The van der Waals surface area contributed by atoms with Crippen molar-refractivity contribution < 1.29 is 24.5 Å². The van der Waals surface area contributed by atoms with E-state index in [9.17, 15) is 19.8 Å². The molecule has 0 aromatic carbocycles. The quantitative estimate of drug-likeness (QED) is 0.386. The number of carbonyl (C=O) groups excluding carboxylic acids is 2. The van der Waals surface area contributed by atoms with Crippen molar-refractivity contribution in [2.45, 2.75) is 83.4 Å². The molecule has 0 radical (unpaired) electrons. The average molecular weight is 555 g/mol. The molecule has 3 N–H and O–H groups in total. The van der Waals surface area contributed by atoms with Gasteiger partial charge in [-0.25, -0.2) is 0 Å². The number of nitrogens with one attached hydrogen (secondary N) is 1. The Balaban J connectivity index is 0.000000158. The van der Waals surface area contributed by atoms with E-state index in [0.29, 0.717) is 24.2 Å². The number of aliphatic hydroxyl groups is 2. The molecule has 6 aliphatic heterocycles. The summed E-state index contributed by atoms with van der Waals surface area (Å²) in [6.45, 7) is 18.5. The second kappa shape index (κ2) is 15.6. The SMILES string of the molecule is CC.CC(=O)N1CCN2CC(O)CC2C1.COC1CC2CN(C(C)=O)CCN2C1.OC1CC2CNCCN2C1. The van der Waals surface area contributed by atoms with Gasteiger partial charge in [0.2, 0.25) is 11.8 Å². The number of hydrogen-bond acceptors (Lipinski definition) is 9. The first kappa shape index (κ1) is 32.2. The predicted octanol–water partition coefficient (Wildman–Crippen LogP) is -0.727. The highest BCUT2D eigenvalue weighted by molar-refractivity contribution is 5.73. The Kier molecular flexibility index (Phi) is 12.9. The van der Waals surface area contributed by atoms with Gasteiger partial charge in [0.05, 0.1) is 18.3 Å². The summed E-state index contributed by atoms with van der Waals surface area (Å²) in [7, 11) is 1.77. The lowest BCUT2D eigenvalue weighted by atomic mass is 10.1. The number of hydrogen-bond donors (Lipinski definition) is 3. The van der Waals surface area contributed by atoms with Gasteiger partial charge in [-0.3, -0.25) is 24.3 Å². The third-order valence-electron chi connectivity index (χ3n) is 8.86. The number of rotatable bonds is 1. The maximum Gasteiger partial charge on any atom is 0.219 e. The Hall–Kier alpha value is -1.34. The van der Waals surface area contributed by atoms with Crippen molar-refractivity contribution >= 4 is 11.8 Å². The molecule has 0 aromatic rings. The fourth-order valence-electron chi connectivity index (χ4n) is 6.69. The third kappa shape index (κ3) is 9.08. The Morgan fingerprint density at radius 1 is 0.692 bits per heavy atom. The number of methoxy groups -OCH3 is 1. The van der Waals surface area contributed by atoms with Gasteiger partial charge in [-0.05, 0) is 19.3 Å². The molecule has 6 saturated heterocycles. The minimum absolute atomic E-state index is 0.0649. The molecule has 0 aromatic heterocycles. The highest BCUT2D eigenvalue weighted by Crippen LogP contribution is 2.24. The molecule has 39 heavy (non-hydrogen) atoms. The summed E-state index contributed by atoms with van der Waals surface area (Å²) >= 11 is 0. The Morgan fingerprint density at radius 3 is 1.69 bits per heavy atom. The van der Waals surface area contributed by atoms with Crippen molar-refractivity contribution in [1.82, 2.24) is 29.8 Å². The maximum atomic E-state index is 11.2. The lowest BCUT2D eigenvalue weighted by Crippen LogP contribution is -2.51. The van der Waals surface area contributed by atoms with Crippen LogP contribution in [-0.2, 0) is 14.3 Å². The summed E-state index contributed by atoms with van der Waals surface area (Å²) < 4.78 is 5.35. The zero-order valence-corrected chi connectivity index (χ0v) is 24.9. The van der Waals surface area contributed by atoms with E-state index >= 15 is 0 Å². The molecule has 11 nitrogen and oxygen atoms in total. The number of fused-ring (bicyclic) bond motifs is 3. The summed E-state index contributed by atoms with van der Waals surface area (Å²) in [4.78, 5) is 33.2. The predicted molar refractivity (Wildman–Crippen MR) is 151 cm³/mol. The third-order valence-corrected chi connectivity index (χ3v) is 8.86. The second-order valence-corrected chi connectivity index (χ2v) is 11.5. The Bertz CT molecular complexity index is 761. The minimum atomic E-state index is -0.183. The second-order valence-electron chi connectivity index (χ2n) is 11.5. The standard InChI is InChI=1S/C10H18N2O2.C9H16N2O2.C7H14N2O.C2H6/c1-8(13)11-3-4-12-7-10(14-2)5-9(12)6-11;1-7(12)10-2-3-11-6-9(13)4-8(11)5-10;10-7-3-6-4-8-1-2-9(6)5-7;1-2/h9-10H,3-7H2,1-2H3;8-9,13H,2-6H2,1H3;6-8,10H,1-5H2;1-2H3. The molecular weight excluding hydrogens is 500 g/mol. The van der Waals surface area contributed by atoms with Crippen LogP contribution in [0.1, 0.15) is 47.0 Å². The molecule has 0 saturated carbocycles. The van der Waals surface area contributed by atoms with Gasteiger partial charge in [-0.2, -0.15) is 0 Å². The van der Waals surface area contributed by atoms with Gasteiger partial charge in [0, 0.05) is 118 Å². The van der Waals surface area contributed by atoms with Crippen LogP contribution in [0.4, 0.5) is 0 Å². The molecule has 0 aliphatic carbocycles. The van der Waals surface area contributed by atoms with Crippen molar-refractivity contribution in [2.24, 2.45) is 0 Å². The van der Waals surface area contributed by atoms with Crippen LogP contribution >= 0.6 is 0 Å². The summed E-state index contributed by atoms with van der Waals surface area (Å²) in [5.41, 5.74) is 0. The van der Waals surface area contributed by atoms with Crippen LogP contribution in [0.15, 0.2) is 0 Å². The minimum Gasteiger partial charge on any atom is -0.392 e. The fraction of sp³-hybridized carbons (Fsp3) is 0.929. The largest absolute Gasteiger partial charge is 0.392 e. The van der Waals surface area contributed by atoms with Gasteiger partial charge < -0.3 is 30.1 Å². The highest BCUT2D eigenvalue weighted by Gasteiger charge is 2.37. The van der Waals surface area contributed by atoms with Gasteiger partial charge in [0.15, 0.2) is 0 Å². The van der Waals surface area contributed by atoms with Crippen molar-refractivity contribution in [3.05, 3.63) is 0 Å². The van der Waals surface area contributed by atoms with E-state index in [-0.39, 0.29) is 24.0 Å². The fourth-order valence-corrected chi connectivity index (χ4v) is 6.69. The molecule has 0 spiro atoms. The lowest BCUT2D eigenvalue weighted by Gasteiger charge is -2.36. The average Bonchev–Trinajstić information content (AvgIpc) is 3.63. The monoisotopic (exact) mass is 554 g/mol. The summed E-state index contributed by atoms with van der Waals surface area (Å²) in [5.74, 6) is 0.353. The van der Waals surface area contributed by atoms with Gasteiger partial charge in [-0.15, -0.1) is 0 Å². The number of piperazine rings is 3. The Morgan fingerprint density at radius 2 is 1.18 bits per heavy atom. The Labute approximate surface area is 235 Å². The van der Waals surface area contributed by atoms with Crippen LogP contribution in [0.25, 0.3) is 0 Å². The van der Waals surface area contributed by atoms with Crippen molar-refractivity contribution in [3.8, 4) is 0 Å². The van der Waals surface area contributed by atoms with E-state index in [0.717, 1.165) is 97.8 Å². The van der Waals surface area contributed by atoms with E-state index < -0.39 is 0 Å². The van der Waals surface area contributed by atoms with E-state index in [4.69, 9.17) is 4.74 Å². The van der Waals surface area contributed by atoms with Crippen molar-refractivity contribution in [1.29, 1.82) is 0 Å². The first-order valence-electron chi connectivity index (χ1n) is 15.1. The first-order chi connectivity index (χ1) is 18.7. The van der Waals surface area contributed by atoms with Gasteiger partial charge in [0.1, 0.15) is 0 Å². The zero-order valence-electron chi connectivity index (χ0n) is 24.9. The van der Waals surface area contributed by atoms with Crippen LogP contribution in [0.2, 0.25) is 0 Å². The number of ether oxygens (including phenoxy) is 1. The molecule has 6 unspecified atom stereocenters. The van der Waals surface area contributed by atoms with Crippen molar-refractivity contribution in [3.63, 3.8) is 0 Å². The molecule has 6 aliphatic rings. The smallest absolute Gasteiger partial charge is 0.219 e. The molecule has 2 amide bonds.